The molecule has 2 aromatic heterocycles. The van der Waals surface area contributed by atoms with Gasteiger partial charge in [-0.15, -0.1) is 0 Å². The van der Waals surface area contributed by atoms with Crippen LogP contribution in [0.4, 0.5) is 26.1 Å². The van der Waals surface area contributed by atoms with Crippen molar-refractivity contribution in [1.29, 1.82) is 0 Å². The molecule has 1 amide bonds. The summed E-state index contributed by atoms with van der Waals surface area (Å²) in [5, 5.41) is 2.69. The van der Waals surface area contributed by atoms with Crippen molar-refractivity contribution >= 4 is 34.3 Å². The number of fused-ring (bicyclic) bond motifs is 1. The van der Waals surface area contributed by atoms with E-state index in [2.05, 4.69) is 15.3 Å². The van der Waals surface area contributed by atoms with Gasteiger partial charge in [0.25, 0.3) is 0 Å². The Morgan fingerprint density at radius 3 is 2.86 bits per heavy atom. The van der Waals surface area contributed by atoms with Crippen LogP contribution in [-0.2, 0) is 18.3 Å². The molecule has 1 aliphatic rings. The smallest absolute Gasteiger partial charge is 0.231 e. The van der Waals surface area contributed by atoms with Crippen molar-refractivity contribution in [2.75, 3.05) is 17.3 Å². The number of carbonyl (C=O) groups is 1. The number of carbonyl (C=O) groups excluding carboxylic acids is 1. The van der Waals surface area contributed by atoms with E-state index in [0.717, 1.165) is 11.1 Å². The summed E-state index contributed by atoms with van der Waals surface area (Å²) >= 11 is 0. The highest BCUT2D eigenvalue weighted by Gasteiger charge is 2.44. The molecule has 8 heteroatoms. The third kappa shape index (κ3) is 3.08. The fraction of sp³-hybridized carbons (Fsp3) is 0.350. The van der Waals surface area contributed by atoms with E-state index in [4.69, 9.17) is 0 Å². The monoisotopic (exact) mass is 385 g/mol. The molecule has 4 rings (SSSR count). The van der Waals surface area contributed by atoms with E-state index in [0.29, 0.717) is 23.4 Å². The number of imidazole rings is 1. The molecule has 3 aromatic rings. The van der Waals surface area contributed by atoms with Gasteiger partial charge in [-0.3, -0.25) is 4.79 Å². The van der Waals surface area contributed by atoms with E-state index >= 15 is 0 Å². The van der Waals surface area contributed by atoms with Gasteiger partial charge in [0.15, 0.2) is 5.82 Å². The molecule has 1 N–H and O–H groups in total. The quantitative estimate of drug-likeness (QED) is 0.727. The maximum Gasteiger partial charge on any atom is 0.231 e. The fourth-order valence-electron chi connectivity index (χ4n) is 3.35. The van der Waals surface area contributed by atoms with Gasteiger partial charge in [-0.05, 0) is 24.5 Å². The molecule has 0 saturated heterocycles. The third-order valence-corrected chi connectivity index (χ3v) is 5.12. The average Bonchev–Trinajstić information content (AvgIpc) is 3.30. The Bertz CT molecular complexity index is 1060. The summed E-state index contributed by atoms with van der Waals surface area (Å²) in [5.74, 6) is -0.693. The molecule has 6 nitrogen and oxygen atoms in total. The molecule has 1 aromatic carbocycles. The van der Waals surface area contributed by atoms with Gasteiger partial charge >= 0.3 is 0 Å². The number of halogens is 2. The van der Waals surface area contributed by atoms with E-state index in [1.54, 1.807) is 35.0 Å². The largest absolute Gasteiger partial charge is 0.334 e. The lowest BCUT2D eigenvalue weighted by Crippen LogP contribution is -2.19. The number of hydrogen-bond acceptors (Lipinski definition) is 4. The summed E-state index contributed by atoms with van der Waals surface area (Å²) in [4.78, 5) is 22.7. The van der Waals surface area contributed by atoms with Crippen LogP contribution in [0.15, 0.2) is 30.6 Å². The Kier molecular flexibility index (Phi) is 4.49. The Morgan fingerprint density at radius 2 is 2.18 bits per heavy atom. The van der Waals surface area contributed by atoms with Gasteiger partial charge in [0.05, 0.1) is 23.4 Å². The number of benzene rings is 1. The lowest BCUT2D eigenvalue weighted by Gasteiger charge is -2.23. The van der Waals surface area contributed by atoms with Crippen LogP contribution in [0.1, 0.15) is 18.9 Å². The lowest BCUT2D eigenvalue weighted by molar-refractivity contribution is -0.117. The Morgan fingerprint density at radius 1 is 1.43 bits per heavy atom. The van der Waals surface area contributed by atoms with Gasteiger partial charge < -0.3 is 14.8 Å². The van der Waals surface area contributed by atoms with E-state index in [1.165, 1.54) is 6.07 Å². The number of hydrogen-bond donors (Lipinski definition) is 1. The van der Waals surface area contributed by atoms with E-state index in [-0.39, 0.29) is 18.1 Å². The molecule has 0 radical (unpaired) electrons. The molecule has 146 valence electrons. The van der Waals surface area contributed by atoms with E-state index < -0.39 is 18.0 Å². The Labute approximate surface area is 161 Å². The normalized spacial score (nSPS) is 18.3. The summed E-state index contributed by atoms with van der Waals surface area (Å²) < 4.78 is 29.6. The highest BCUT2D eigenvalue weighted by atomic mass is 19.1. The molecule has 1 saturated carbocycles. The van der Waals surface area contributed by atoms with Crippen molar-refractivity contribution in [3.63, 3.8) is 0 Å². The van der Waals surface area contributed by atoms with Crippen molar-refractivity contribution in [2.45, 2.75) is 25.9 Å². The SMILES string of the molecule is CCc1cccc(F)c1N(C)c1cc2c(ncn2C)c(NC(=O)[C@H]2C[C@H]2F)n1. The van der Waals surface area contributed by atoms with Gasteiger partial charge in [-0.1, -0.05) is 19.1 Å². The van der Waals surface area contributed by atoms with Crippen LogP contribution in [0.25, 0.3) is 11.0 Å². The van der Waals surface area contributed by atoms with E-state index in [9.17, 15) is 13.6 Å². The minimum atomic E-state index is -1.10. The number of nitrogens with zero attached hydrogens (tertiary/aromatic N) is 4. The van der Waals surface area contributed by atoms with Gasteiger partial charge in [-0.25, -0.2) is 18.7 Å². The molecule has 28 heavy (non-hydrogen) atoms. The molecule has 0 unspecified atom stereocenters. The van der Waals surface area contributed by atoms with Crippen LogP contribution in [0.3, 0.4) is 0 Å². The summed E-state index contributed by atoms with van der Waals surface area (Å²) in [6.45, 7) is 1.96. The third-order valence-electron chi connectivity index (χ3n) is 5.12. The first-order chi connectivity index (χ1) is 13.4. The van der Waals surface area contributed by atoms with Crippen molar-refractivity contribution in [3.8, 4) is 0 Å². The molecular formula is C20H21F2N5O. The second-order valence-electron chi connectivity index (χ2n) is 7.06. The zero-order valence-electron chi connectivity index (χ0n) is 15.9. The predicted molar refractivity (Wildman–Crippen MR) is 104 cm³/mol. The number of aromatic nitrogens is 3. The number of anilines is 3. The molecule has 1 aliphatic carbocycles. The number of para-hydroxylation sites is 1. The average molecular weight is 385 g/mol. The van der Waals surface area contributed by atoms with E-state index in [1.807, 2.05) is 20.0 Å². The van der Waals surface area contributed by atoms with Crippen LogP contribution in [0.5, 0.6) is 0 Å². The van der Waals surface area contributed by atoms with Crippen LogP contribution in [-0.4, -0.2) is 33.7 Å². The zero-order chi connectivity index (χ0) is 20.0. The molecule has 0 bridgehead atoms. The molecule has 1 fully saturated rings. The van der Waals surface area contributed by atoms with Crippen LogP contribution in [0, 0.1) is 11.7 Å². The highest BCUT2D eigenvalue weighted by molar-refractivity contribution is 6.01. The minimum Gasteiger partial charge on any atom is -0.334 e. The molecular weight excluding hydrogens is 364 g/mol. The first kappa shape index (κ1) is 18.3. The summed E-state index contributed by atoms with van der Waals surface area (Å²) in [6, 6.07) is 6.75. The van der Waals surface area contributed by atoms with Crippen LogP contribution in [0.2, 0.25) is 0 Å². The number of aryl methyl sites for hydroxylation is 2. The highest BCUT2D eigenvalue weighted by Crippen LogP contribution is 2.36. The van der Waals surface area contributed by atoms with Crippen molar-refractivity contribution in [3.05, 3.63) is 42.0 Å². The predicted octanol–water partition coefficient (Wildman–Crippen LogP) is 3.73. The van der Waals surface area contributed by atoms with Crippen LogP contribution < -0.4 is 10.2 Å². The molecule has 0 spiro atoms. The number of pyridine rings is 1. The maximum absolute atomic E-state index is 14.6. The fourth-order valence-corrected chi connectivity index (χ4v) is 3.35. The number of rotatable bonds is 5. The first-order valence-corrected chi connectivity index (χ1v) is 9.18. The van der Waals surface area contributed by atoms with Crippen molar-refractivity contribution < 1.29 is 13.6 Å². The number of alkyl halides is 1. The maximum atomic E-state index is 14.6. The van der Waals surface area contributed by atoms with Crippen molar-refractivity contribution in [2.24, 2.45) is 13.0 Å². The molecule has 2 atom stereocenters. The zero-order valence-corrected chi connectivity index (χ0v) is 15.9. The standard InChI is InChI=1S/C20H21F2N5O/c1-4-11-6-5-7-13(21)18(11)27(3)16-9-15-17(23-10-26(15)2)19(24-16)25-20(28)12-8-14(12)22/h5-7,9-10,12,14H,4,8H2,1-3H3,(H,24,25,28)/t12-,14+/m0/s1. The van der Waals surface area contributed by atoms with Crippen LogP contribution >= 0.6 is 0 Å². The first-order valence-electron chi connectivity index (χ1n) is 9.18. The summed E-state index contributed by atoms with van der Waals surface area (Å²) in [7, 11) is 3.55. The number of amides is 1. The summed E-state index contributed by atoms with van der Waals surface area (Å²) in [5.41, 5.74) is 2.52. The summed E-state index contributed by atoms with van der Waals surface area (Å²) in [6.07, 6.45) is 1.40. The van der Waals surface area contributed by atoms with Gasteiger partial charge in [0, 0.05) is 20.2 Å². The van der Waals surface area contributed by atoms with Gasteiger partial charge in [-0.2, -0.15) is 0 Å². The van der Waals surface area contributed by atoms with Gasteiger partial charge in [0.1, 0.15) is 23.3 Å². The second-order valence-corrected chi connectivity index (χ2v) is 7.06. The number of nitrogens with one attached hydrogen (secondary N) is 1. The van der Waals surface area contributed by atoms with Gasteiger partial charge in [0.2, 0.25) is 5.91 Å². The molecule has 2 heterocycles. The van der Waals surface area contributed by atoms with Crippen molar-refractivity contribution in [1.82, 2.24) is 14.5 Å². The lowest BCUT2D eigenvalue weighted by atomic mass is 10.1. The topological polar surface area (TPSA) is 63.1 Å². The Hall–Kier alpha value is -3.03. The minimum absolute atomic E-state index is 0.228. The Balaban J connectivity index is 1.79. The molecule has 0 aliphatic heterocycles. The second kappa shape index (κ2) is 6.85.